The van der Waals surface area contributed by atoms with Crippen molar-refractivity contribution in [2.45, 2.75) is 6.92 Å². The van der Waals surface area contributed by atoms with Gasteiger partial charge in [-0.25, -0.2) is 0 Å². The van der Waals surface area contributed by atoms with Crippen LogP contribution in [0.3, 0.4) is 0 Å². The number of hydrogen-bond acceptors (Lipinski definition) is 4. The fraction of sp³-hybridized carbons (Fsp3) is 0.429. The number of carbonyl (C=O) groups is 2. The van der Waals surface area contributed by atoms with Gasteiger partial charge < -0.3 is 20.7 Å². The van der Waals surface area contributed by atoms with Gasteiger partial charge in [-0.2, -0.15) is 0 Å². The summed E-state index contributed by atoms with van der Waals surface area (Å²) < 4.78 is 4.88. The Morgan fingerprint density at radius 2 is 2.05 bits per heavy atom. The van der Waals surface area contributed by atoms with E-state index in [-0.39, 0.29) is 18.4 Å². The van der Waals surface area contributed by atoms with Crippen LogP contribution in [0.25, 0.3) is 0 Å². The highest BCUT2D eigenvalue weighted by molar-refractivity contribution is 5.99. The molecular formula is C14H21N3O3. The minimum absolute atomic E-state index is 0.154. The van der Waals surface area contributed by atoms with Crippen LogP contribution in [-0.2, 0) is 9.53 Å². The van der Waals surface area contributed by atoms with E-state index in [4.69, 9.17) is 4.74 Å². The maximum Gasteiger partial charge on any atom is 0.251 e. The van der Waals surface area contributed by atoms with E-state index in [1.165, 1.54) is 0 Å². The zero-order valence-electron chi connectivity index (χ0n) is 12.1. The Morgan fingerprint density at radius 3 is 2.70 bits per heavy atom. The van der Waals surface area contributed by atoms with Gasteiger partial charge in [-0.3, -0.25) is 9.59 Å². The van der Waals surface area contributed by atoms with Crippen molar-refractivity contribution >= 4 is 17.5 Å². The molecule has 0 saturated carbocycles. The predicted molar refractivity (Wildman–Crippen MR) is 77.9 cm³/mol. The number of nitrogens with one attached hydrogen (secondary N) is 3. The lowest BCUT2D eigenvalue weighted by molar-refractivity contribution is -0.115. The average Bonchev–Trinajstić information content (AvgIpc) is 2.45. The summed E-state index contributed by atoms with van der Waals surface area (Å²) >= 11 is 0. The summed E-state index contributed by atoms with van der Waals surface area (Å²) in [6.07, 6.45) is 0. The maximum atomic E-state index is 11.8. The molecule has 20 heavy (non-hydrogen) atoms. The molecule has 1 rings (SSSR count). The summed E-state index contributed by atoms with van der Waals surface area (Å²) in [5, 5.41) is 8.32. The summed E-state index contributed by atoms with van der Waals surface area (Å²) in [6, 6.07) is 5.24. The number of ether oxygens (including phenoxy) is 1. The molecule has 0 heterocycles. The predicted octanol–water partition coefficient (Wildman–Crippen LogP) is 0.529. The summed E-state index contributed by atoms with van der Waals surface area (Å²) in [7, 11) is 3.18. The SMILES string of the molecule is CNC(=O)c1cccc(NC(=O)CNCCOC)c1C. The first-order chi connectivity index (χ1) is 9.60. The first-order valence-corrected chi connectivity index (χ1v) is 6.41. The normalized spacial score (nSPS) is 10.2. The van der Waals surface area contributed by atoms with Crippen molar-refractivity contribution in [1.82, 2.24) is 10.6 Å². The van der Waals surface area contributed by atoms with Gasteiger partial charge in [-0.15, -0.1) is 0 Å². The van der Waals surface area contributed by atoms with Crippen LogP contribution >= 0.6 is 0 Å². The van der Waals surface area contributed by atoms with E-state index in [1.54, 1.807) is 39.3 Å². The third-order valence-corrected chi connectivity index (χ3v) is 2.85. The lowest BCUT2D eigenvalue weighted by Gasteiger charge is -2.12. The van der Waals surface area contributed by atoms with E-state index >= 15 is 0 Å². The van der Waals surface area contributed by atoms with E-state index in [2.05, 4.69) is 16.0 Å². The number of methoxy groups -OCH3 is 1. The minimum atomic E-state index is -0.170. The van der Waals surface area contributed by atoms with Crippen molar-refractivity contribution in [3.8, 4) is 0 Å². The van der Waals surface area contributed by atoms with Crippen LogP contribution in [0.15, 0.2) is 18.2 Å². The third-order valence-electron chi connectivity index (χ3n) is 2.85. The maximum absolute atomic E-state index is 11.8. The molecule has 0 atom stereocenters. The smallest absolute Gasteiger partial charge is 0.251 e. The second-order valence-corrected chi connectivity index (χ2v) is 4.28. The van der Waals surface area contributed by atoms with Crippen LogP contribution in [0.2, 0.25) is 0 Å². The van der Waals surface area contributed by atoms with Gasteiger partial charge in [0.25, 0.3) is 5.91 Å². The first-order valence-electron chi connectivity index (χ1n) is 6.41. The molecule has 6 heteroatoms. The lowest BCUT2D eigenvalue weighted by Crippen LogP contribution is -2.30. The molecule has 110 valence electrons. The Labute approximate surface area is 118 Å². The molecule has 0 saturated heterocycles. The Balaban J connectivity index is 2.64. The van der Waals surface area contributed by atoms with Crippen molar-refractivity contribution in [1.29, 1.82) is 0 Å². The molecule has 0 fully saturated rings. The van der Waals surface area contributed by atoms with E-state index in [0.29, 0.717) is 24.4 Å². The molecule has 1 aromatic carbocycles. The highest BCUT2D eigenvalue weighted by Gasteiger charge is 2.11. The second-order valence-electron chi connectivity index (χ2n) is 4.28. The number of rotatable bonds is 7. The van der Waals surface area contributed by atoms with Gasteiger partial charge in [-0.05, 0) is 24.6 Å². The van der Waals surface area contributed by atoms with Crippen molar-refractivity contribution < 1.29 is 14.3 Å². The van der Waals surface area contributed by atoms with Gasteiger partial charge in [-0.1, -0.05) is 6.07 Å². The van der Waals surface area contributed by atoms with Gasteiger partial charge in [0.15, 0.2) is 0 Å². The largest absolute Gasteiger partial charge is 0.383 e. The van der Waals surface area contributed by atoms with Crippen molar-refractivity contribution in [3.05, 3.63) is 29.3 Å². The van der Waals surface area contributed by atoms with Crippen LogP contribution in [0.4, 0.5) is 5.69 Å². The van der Waals surface area contributed by atoms with Gasteiger partial charge in [0.2, 0.25) is 5.91 Å². The quantitative estimate of drug-likeness (QED) is 0.636. The highest BCUT2D eigenvalue weighted by atomic mass is 16.5. The summed E-state index contributed by atoms with van der Waals surface area (Å²) in [4.78, 5) is 23.4. The third kappa shape index (κ3) is 4.64. The molecule has 6 nitrogen and oxygen atoms in total. The number of anilines is 1. The monoisotopic (exact) mass is 279 g/mol. The van der Waals surface area contributed by atoms with E-state index < -0.39 is 0 Å². The molecule has 3 N–H and O–H groups in total. The fourth-order valence-corrected chi connectivity index (χ4v) is 1.72. The van der Waals surface area contributed by atoms with Gasteiger partial charge >= 0.3 is 0 Å². The van der Waals surface area contributed by atoms with Crippen LogP contribution in [0.1, 0.15) is 15.9 Å². The summed E-state index contributed by atoms with van der Waals surface area (Å²) in [5.74, 6) is -0.324. The zero-order chi connectivity index (χ0) is 15.0. The Bertz CT molecular complexity index is 475. The molecule has 0 radical (unpaired) electrons. The van der Waals surface area contributed by atoms with Crippen LogP contribution in [0.5, 0.6) is 0 Å². The van der Waals surface area contributed by atoms with Crippen molar-refractivity contribution in [2.24, 2.45) is 0 Å². The fourth-order valence-electron chi connectivity index (χ4n) is 1.72. The molecule has 0 bridgehead atoms. The number of amides is 2. The molecule has 0 unspecified atom stereocenters. The standard InChI is InChI=1S/C14H21N3O3/c1-10-11(14(19)15-2)5-4-6-12(10)17-13(18)9-16-7-8-20-3/h4-6,16H,7-9H2,1-3H3,(H,15,19)(H,17,18). The Morgan fingerprint density at radius 1 is 1.30 bits per heavy atom. The van der Waals surface area contributed by atoms with Crippen molar-refractivity contribution in [2.75, 3.05) is 39.2 Å². The molecule has 2 amide bonds. The molecule has 0 aromatic heterocycles. The average molecular weight is 279 g/mol. The van der Waals surface area contributed by atoms with E-state index in [9.17, 15) is 9.59 Å². The molecule has 1 aromatic rings. The summed E-state index contributed by atoms with van der Waals surface area (Å²) in [5.41, 5.74) is 1.94. The van der Waals surface area contributed by atoms with Crippen LogP contribution in [0, 0.1) is 6.92 Å². The lowest BCUT2D eigenvalue weighted by atomic mass is 10.1. The van der Waals surface area contributed by atoms with Gasteiger partial charge in [0.05, 0.1) is 13.2 Å². The van der Waals surface area contributed by atoms with E-state index in [0.717, 1.165) is 5.56 Å². The zero-order valence-corrected chi connectivity index (χ0v) is 12.1. The molecule has 0 aliphatic carbocycles. The first kappa shape index (κ1) is 16.1. The Kier molecular flexibility index (Phi) is 6.69. The second kappa shape index (κ2) is 8.29. The van der Waals surface area contributed by atoms with Gasteiger partial charge in [0, 0.05) is 32.0 Å². The number of benzene rings is 1. The van der Waals surface area contributed by atoms with Crippen LogP contribution < -0.4 is 16.0 Å². The minimum Gasteiger partial charge on any atom is -0.383 e. The number of hydrogen-bond donors (Lipinski definition) is 3. The molecule has 0 aliphatic heterocycles. The van der Waals surface area contributed by atoms with E-state index in [1.807, 2.05) is 0 Å². The van der Waals surface area contributed by atoms with Crippen molar-refractivity contribution in [3.63, 3.8) is 0 Å². The van der Waals surface area contributed by atoms with Crippen LogP contribution in [-0.4, -0.2) is 45.7 Å². The van der Waals surface area contributed by atoms with Gasteiger partial charge in [0.1, 0.15) is 0 Å². The molecule has 0 spiro atoms. The summed E-state index contributed by atoms with van der Waals surface area (Å²) in [6.45, 7) is 3.17. The molecule has 0 aliphatic rings. The highest BCUT2D eigenvalue weighted by Crippen LogP contribution is 2.18. The Hall–Kier alpha value is -1.92. The topological polar surface area (TPSA) is 79.5 Å². The number of carbonyl (C=O) groups excluding carboxylic acids is 2. The molecular weight excluding hydrogens is 258 g/mol.